The van der Waals surface area contributed by atoms with Crippen molar-refractivity contribution in [3.05, 3.63) is 52.1 Å². The SMILES string of the molecule is NCc1cccc(-c2nc3ncc(Br)c(N4CCN(CC(=O)Nc5nccs5)CC4)c3[nH]2)c1. The molecule has 0 spiro atoms. The van der Waals surface area contributed by atoms with Gasteiger partial charge in [-0.25, -0.2) is 15.0 Å². The van der Waals surface area contributed by atoms with Crippen molar-refractivity contribution in [1.29, 1.82) is 0 Å². The number of pyridine rings is 1. The molecule has 0 radical (unpaired) electrons. The standard InChI is InChI=1S/C22H23BrN8OS/c23-16-12-26-21-18(28-20(29-21)15-3-1-2-14(10-15)11-24)19(16)31-7-5-30(6-8-31)13-17(32)27-22-25-4-9-33-22/h1-4,9-10,12H,5-8,11,13,24H2,(H,25,27,32)(H,26,28,29). The second kappa shape index (κ2) is 9.56. The summed E-state index contributed by atoms with van der Waals surface area (Å²) < 4.78 is 0.913. The predicted octanol–water partition coefficient (Wildman–Crippen LogP) is 3.06. The fraction of sp³-hybridized carbons (Fsp3) is 0.273. The van der Waals surface area contributed by atoms with E-state index >= 15 is 0 Å². The highest BCUT2D eigenvalue weighted by molar-refractivity contribution is 9.10. The molecule has 1 aliphatic heterocycles. The second-order valence-corrected chi connectivity index (χ2v) is 9.54. The van der Waals surface area contributed by atoms with Gasteiger partial charge >= 0.3 is 0 Å². The van der Waals surface area contributed by atoms with Crippen molar-refractivity contribution in [2.24, 2.45) is 5.73 Å². The van der Waals surface area contributed by atoms with Gasteiger partial charge in [-0.1, -0.05) is 18.2 Å². The molecule has 0 bridgehead atoms. The Morgan fingerprint density at radius 3 is 2.85 bits per heavy atom. The van der Waals surface area contributed by atoms with Gasteiger partial charge in [0.2, 0.25) is 5.91 Å². The number of aromatic amines is 1. The molecule has 1 fully saturated rings. The number of rotatable bonds is 6. The predicted molar refractivity (Wildman–Crippen MR) is 134 cm³/mol. The van der Waals surface area contributed by atoms with Crippen molar-refractivity contribution in [1.82, 2.24) is 24.8 Å². The second-order valence-electron chi connectivity index (χ2n) is 7.79. The number of hydrogen-bond donors (Lipinski definition) is 3. The molecular weight excluding hydrogens is 504 g/mol. The molecule has 4 N–H and O–H groups in total. The average Bonchev–Trinajstić information content (AvgIpc) is 3.50. The number of piperazine rings is 1. The Morgan fingerprint density at radius 1 is 1.24 bits per heavy atom. The van der Waals surface area contributed by atoms with E-state index in [1.54, 1.807) is 12.4 Å². The van der Waals surface area contributed by atoms with E-state index in [9.17, 15) is 4.79 Å². The molecule has 1 aromatic carbocycles. The zero-order chi connectivity index (χ0) is 22.8. The smallest absolute Gasteiger partial charge is 0.240 e. The summed E-state index contributed by atoms with van der Waals surface area (Å²) in [6, 6.07) is 8.05. The van der Waals surface area contributed by atoms with Crippen LogP contribution in [-0.4, -0.2) is 63.5 Å². The summed E-state index contributed by atoms with van der Waals surface area (Å²) >= 11 is 5.10. The molecule has 33 heavy (non-hydrogen) atoms. The molecule has 1 saturated heterocycles. The average molecular weight is 527 g/mol. The summed E-state index contributed by atoms with van der Waals surface area (Å²) in [5.74, 6) is 0.730. The van der Waals surface area contributed by atoms with Crippen LogP contribution < -0.4 is 16.0 Å². The Morgan fingerprint density at radius 2 is 2.09 bits per heavy atom. The van der Waals surface area contributed by atoms with Gasteiger partial charge in [0.25, 0.3) is 0 Å². The molecule has 0 saturated carbocycles. The summed E-state index contributed by atoms with van der Waals surface area (Å²) in [6.45, 7) is 3.97. The Labute approximate surface area is 203 Å². The van der Waals surface area contributed by atoms with Crippen LogP contribution in [0.15, 0.2) is 46.5 Å². The van der Waals surface area contributed by atoms with Crippen LogP contribution in [0.4, 0.5) is 10.8 Å². The first-order valence-electron chi connectivity index (χ1n) is 10.6. The van der Waals surface area contributed by atoms with Crippen LogP contribution in [0.25, 0.3) is 22.6 Å². The lowest BCUT2D eigenvalue weighted by Gasteiger charge is -2.36. The van der Waals surface area contributed by atoms with Gasteiger partial charge in [0.15, 0.2) is 10.8 Å². The highest BCUT2D eigenvalue weighted by Gasteiger charge is 2.24. The van der Waals surface area contributed by atoms with Crippen LogP contribution in [0.5, 0.6) is 0 Å². The van der Waals surface area contributed by atoms with Crippen molar-refractivity contribution in [2.45, 2.75) is 6.54 Å². The number of imidazole rings is 1. The highest BCUT2D eigenvalue weighted by Crippen LogP contribution is 2.34. The molecule has 3 aromatic heterocycles. The first-order chi connectivity index (χ1) is 16.1. The number of H-pyrrole nitrogens is 1. The molecule has 1 aliphatic rings. The molecule has 170 valence electrons. The molecule has 11 heteroatoms. The molecule has 0 atom stereocenters. The number of thiazole rings is 1. The van der Waals surface area contributed by atoms with Crippen molar-refractivity contribution in [3.63, 3.8) is 0 Å². The number of amides is 1. The van der Waals surface area contributed by atoms with E-state index in [1.807, 2.05) is 29.6 Å². The lowest BCUT2D eigenvalue weighted by Crippen LogP contribution is -2.48. The molecular formula is C22H23BrN8OS. The monoisotopic (exact) mass is 526 g/mol. The minimum Gasteiger partial charge on any atom is -0.366 e. The summed E-state index contributed by atoms with van der Waals surface area (Å²) in [5, 5.41) is 5.33. The van der Waals surface area contributed by atoms with Gasteiger partial charge in [0.1, 0.15) is 11.3 Å². The lowest BCUT2D eigenvalue weighted by atomic mass is 10.1. The maximum atomic E-state index is 12.3. The number of benzene rings is 1. The number of carbonyl (C=O) groups is 1. The van der Waals surface area contributed by atoms with E-state index in [0.29, 0.717) is 23.9 Å². The van der Waals surface area contributed by atoms with Gasteiger partial charge in [0.05, 0.1) is 16.7 Å². The minimum absolute atomic E-state index is 0.0381. The molecule has 0 unspecified atom stereocenters. The molecule has 1 amide bonds. The Kier molecular flexibility index (Phi) is 6.36. The summed E-state index contributed by atoms with van der Waals surface area (Å²) in [7, 11) is 0. The van der Waals surface area contributed by atoms with E-state index in [1.165, 1.54) is 11.3 Å². The van der Waals surface area contributed by atoms with Gasteiger partial charge in [-0.3, -0.25) is 9.69 Å². The van der Waals surface area contributed by atoms with Crippen LogP contribution in [-0.2, 0) is 11.3 Å². The Balaban J connectivity index is 1.32. The number of hydrogen-bond acceptors (Lipinski definition) is 8. The highest BCUT2D eigenvalue weighted by atomic mass is 79.9. The third-order valence-corrected chi connectivity index (χ3v) is 6.89. The molecule has 4 heterocycles. The van der Waals surface area contributed by atoms with E-state index in [2.05, 4.69) is 46.0 Å². The summed E-state index contributed by atoms with van der Waals surface area (Å²) in [4.78, 5) is 33.6. The van der Waals surface area contributed by atoms with Gasteiger partial charge < -0.3 is 20.9 Å². The van der Waals surface area contributed by atoms with Crippen LogP contribution in [0.1, 0.15) is 5.56 Å². The van der Waals surface area contributed by atoms with Crippen LogP contribution in [0, 0.1) is 0 Å². The zero-order valence-corrected chi connectivity index (χ0v) is 20.2. The maximum absolute atomic E-state index is 12.3. The molecule has 0 aliphatic carbocycles. The fourth-order valence-corrected chi connectivity index (χ4v) is 5.09. The van der Waals surface area contributed by atoms with Crippen LogP contribution >= 0.6 is 27.3 Å². The normalized spacial score (nSPS) is 14.7. The van der Waals surface area contributed by atoms with Crippen molar-refractivity contribution < 1.29 is 4.79 Å². The van der Waals surface area contributed by atoms with Gasteiger partial charge in [0, 0.05) is 56.1 Å². The molecule has 4 aromatic rings. The fourth-order valence-electron chi connectivity index (χ4n) is 3.99. The maximum Gasteiger partial charge on any atom is 0.240 e. The van der Waals surface area contributed by atoms with Gasteiger partial charge in [-0.2, -0.15) is 0 Å². The van der Waals surface area contributed by atoms with Crippen LogP contribution in [0.3, 0.4) is 0 Å². The third-order valence-electron chi connectivity index (χ3n) is 5.62. The van der Waals surface area contributed by atoms with Crippen LogP contribution in [0.2, 0.25) is 0 Å². The van der Waals surface area contributed by atoms with E-state index in [0.717, 1.165) is 58.8 Å². The minimum atomic E-state index is -0.0381. The van der Waals surface area contributed by atoms with Gasteiger partial charge in [-0.15, -0.1) is 11.3 Å². The zero-order valence-electron chi connectivity index (χ0n) is 17.8. The largest absolute Gasteiger partial charge is 0.366 e. The molecule has 5 rings (SSSR count). The van der Waals surface area contributed by atoms with Crippen molar-refractivity contribution in [2.75, 3.05) is 42.9 Å². The number of fused-ring (bicyclic) bond motifs is 1. The number of aromatic nitrogens is 4. The lowest BCUT2D eigenvalue weighted by molar-refractivity contribution is -0.117. The van der Waals surface area contributed by atoms with Gasteiger partial charge in [-0.05, 0) is 27.6 Å². The van der Waals surface area contributed by atoms with E-state index < -0.39 is 0 Å². The number of anilines is 2. The summed E-state index contributed by atoms with van der Waals surface area (Å²) in [6.07, 6.45) is 3.48. The number of nitrogens with zero attached hydrogens (tertiary/aromatic N) is 5. The third kappa shape index (κ3) is 4.76. The van der Waals surface area contributed by atoms with Crippen molar-refractivity contribution >= 4 is 55.2 Å². The number of nitrogens with two attached hydrogens (primary N) is 1. The Hall–Kier alpha value is -2.86. The van der Waals surface area contributed by atoms with E-state index in [4.69, 9.17) is 10.7 Å². The topological polar surface area (TPSA) is 116 Å². The first kappa shape index (κ1) is 22.0. The summed E-state index contributed by atoms with van der Waals surface area (Å²) in [5.41, 5.74) is 10.4. The number of carbonyl (C=O) groups excluding carboxylic acids is 1. The first-order valence-corrected chi connectivity index (χ1v) is 12.3. The number of halogens is 1. The molecule has 9 nitrogen and oxygen atoms in total. The van der Waals surface area contributed by atoms with E-state index in [-0.39, 0.29) is 5.91 Å². The quantitative estimate of drug-likeness (QED) is 0.353. The number of nitrogens with one attached hydrogen (secondary N) is 2. The van der Waals surface area contributed by atoms with Crippen molar-refractivity contribution in [3.8, 4) is 11.4 Å². The Bertz CT molecular complexity index is 1270.